The minimum atomic E-state index is -0.779. The molecule has 1 unspecified atom stereocenters. The molecule has 1 aliphatic rings. The highest BCUT2D eigenvalue weighted by Gasteiger charge is 2.31. The predicted molar refractivity (Wildman–Crippen MR) is 80.5 cm³/mol. The first-order chi connectivity index (χ1) is 9.48. The Morgan fingerprint density at radius 3 is 2.50 bits per heavy atom. The molecule has 4 heteroatoms. The van der Waals surface area contributed by atoms with Crippen LogP contribution >= 0.6 is 0 Å². The van der Waals surface area contributed by atoms with Gasteiger partial charge in [-0.3, -0.25) is 4.79 Å². The molecule has 0 aliphatic carbocycles. The first-order valence-corrected chi connectivity index (χ1v) is 8.06. The Kier molecular flexibility index (Phi) is 7.52. The van der Waals surface area contributed by atoms with Crippen LogP contribution in [0.1, 0.15) is 59.3 Å². The second-order valence-corrected chi connectivity index (χ2v) is 6.40. The summed E-state index contributed by atoms with van der Waals surface area (Å²) in [5.74, 6) is 0.497. The van der Waals surface area contributed by atoms with Crippen LogP contribution in [0.15, 0.2) is 0 Å². The van der Waals surface area contributed by atoms with Crippen molar-refractivity contribution in [3.63, 3.8) is 0 Å². The van der Waals surface area contributed by atoms with Gasteiger partial charge in [0, 0.05) is 38.5 Å². The van der Waals surface area contributed by atoms with Gasteiger partial charge in [-0.1, -0.05) is 40.0 Å². The van der Waals surface area contributed by atoms with Gasteiger partial charge in [0.05, 0.1) is 5.60 Å². The third-order valence-electron chi connectivity index (χ3n) is 4.28. The van der Waals surface area contributed by atoms with Gasteiger partial charge in [-0.2, -0.15) is 0 Å². The molecule has 0 saturated carbocycles. The Hall–Kier alpha value is -0.610. The Bertz CT molecular complexity index is 285. The number of carbonyl (C=O) groups excluding carboxylic acids is 1. The predicted octanol–water partition coefficient (Wildman–Crippen LogP) is 2.50. The van der Waals surface area contributed by atoms with Crippen molar-refractivity contribution in [3.05, 3.63) is 0 Å². The minimum Gasteiger partial charge on any atom is -0.388 e. The van der Waals surface area contributed by atoms with Crippen molar-refractivity contribution in [2.24, 2.45) is 11.8 Å². The fourth-order valence-corrected chi connectivity index (χ4v) is 2.69. The Morgan fingerprint density at radius 1 is 1.30 bits per heavy atom. The van der Waals surface area contributed by atoms with Crippen molar-refractivity contribution in [1.82, 2.24) is 5.32 Å². The van der Waals surface area contributed by atoms with E-state index in [1.807, 2.05) is 0 Å². The van der Waals surface area contributed by atoms with Gasteiger partial charge < -0.3 is 15.2 Å². The number of aliphatic hydroxyl groups is 1. The summed E-state index contributed by atoms with van der Waals surface area (Å²) >= 11 is 0. The number of ether oxygens (including phenoxy) is 1. The first-order valence-electron chi connectivity index (χ1n) is 8.06. The number of amides is 1. The van der Waals surface area contributed by atoms with Crippen LogP contribution in [0, 0.1) is 11.8 Å². The molecule has 2 N–H and O–H groups in total. The highest BCUT2D eigenvalue weighted by molar-refractivity contribution is 5.78. The zero-order valence-corrected chi connectivity index (χ0v) is 13.3. The molecule has 0 bridgehead atoms. The van der Waals surface area contributed by atoms with Crippen LogP contribution in [-0.4, -0.2) is 36.4 Å². The molecule has 0 aromatic rings. The summed E-state index contributed by atoms with van der Waals surface area (Å²) in [6, 6.07) is 0. The SMILES string of the molecule is CCCCCC(C(=O)NCC1(O)CCOCC1)C(C)C. The molecule has 1 fully saturated rings. The van der Waals surface area contributed by atoms with Gasteiger partial charge in [0.2, 0.25) is 5.91 Å². The zero-order valence-electron chi connectivity index (χ0n) is 13.3. The van der Waals surface area contributed by atoms with Gasteiger partial charge in [0.1, 0.15) is 0 Å². The van der Waals surface area contributed by atoms with Gasteiger partial charge >= 0.3 is 0 Å². The maximum Gasteiger partial charge on any atom is 0.223 e. The van der Waals surface area contributed by atoms with E-state index in [9.17, 15) is 9.90 Å². The summed E-state index contributed by atoms with van der Waals surface area (Å²) in [5.41, 5.74) is -0.779. The Labute approximate surface area is 123 Å². The number of hydrogen-bond donors (Lipinski definition) is 2. The van der Waals surface area contributed by atoms with E-state index in [2.05, 4.69) is 26.1 Å². The van der Waals surface area contributed by atoms with Crippen molar-refractivity contribution < 1.29 is 14.6 Å². The lowest BCUT2D eigenvalue weighted by molar-refractivity contribution is -0.129. The monoisotopic (exact) mass is 285 g/mol. The van der Waals surface area contributed by atoms with E-state index in [1.54, 1.807) is 0 Å². The van der Waals surface area contributed by atoms with Crippen LogP contribution in [0.3, 0.4) is 0 Å². The second kappa shape index (κ2) is 8.63. The summed E-state index contributed by atoms with van der Waals surface area (Å²) in [4.78, 5) is 12.3. The molecule has 0 aromatic heterocycles. The van der Waals surface area contributed by atoms with E-state index in [-0.39, 0.29) is 11.8 Å². The number of hydrogen-bond acceptors (Lipinski definition) is 3. The average molecular weight is 285 g/mol. The topological polar surface area (TPSA) is 58.6 Å². The second-order valence-electron chi connectivity index (χ2n) is 6.40. The van der Waals surface area contributed by atoms with E-state index < -0.39 is 5.60 Å². The van der Waals surface area contributed by atoms with Crippen molar-refractivity contribution in [3.8, 4) is 0 Å². The number of nitrogens with one attached hydrogen (secondary N) is 1. The van der Waals surface area contributed by atoms with E-state index in [4.69, 9.17) is 4.74 Å². The van der Waals surface area contributed by atoms with Crippen LogP contribution in [0.4, 0.5) is 0 Å². The summed E-state index contributed by atoms with van der Waals surface area (Å²) in [5, 5.41) is 13.3. The standard InChI is InChI=1S/C16H31NO3/c1-4-5-6-7-14(13(2)3)15(18)17-12-16(19)8-10-20-11-9-16/h13-14,19H,4-12H2,1-3H3,(H,17,18). The minimum absolute atomic E-state index is 0.0602. The van der Waals surface area contributed by atoms with Gasteiger partial charge in [0.15, 0.2) is 0 Å². The number of rotatable bonds is 8. The van der Waals surface area contributed by atoms with Crippen LogP contribution in [-0.2, 0) is 9.53 Å². The summed E-state index contributed by atoms with van der Waals surface area (Å²) < 4.78 is 5.25. The molecule has 1 amide bonds. The molecule has 1 heterocycles. The third kappa shape index (κ3) is 5.80. The zero-order chi connectivity index (χ0) is 15.0. The maximum atomic E-state index is 12.3. The molecule has 0 spiro atoms. The fourth-order valence-electron chi connectivity index (χ4n) is 2.69. The molecule has 1 rings (SSSR count). The Morgan fingerprint density at radius 2 is 1.95 bits per heavy atom. The summed E-state index contributed by atoms with van der Waals surface area (Å²) in [7, 11) is 0. The molecule has 20 heavy (non-hydrogen) atoms. The molecule has 1 saturated heterocycles. The summed E-state index contributed by atoms with van der Waals surface area (Å²) in [6.07, 6.45) is 5.61. The smallest absolute Gasteiger partial charge is 0.223 e. The molecular formula is C16H31NO3. The third-order valence-corrected chi connectivity index (χ3v) is 4.28. The van der Waals surface area contributed by atoms with Crippen LogP contribution < -0.4 is 5.32 Å². The van der Waals surface area contributed by atoms with Crippen molar-refractivity contribution in [2.45, 2.75) is 64.9 Å². The molecule has 1 aliphatic heterocycles. The van der Waals surface area contributed by atoms with Gasteiger partial charge in [-0.25, -0.2) is 0 Å². The van der Waals surface area contributed by atoms with Crippen molar-refractivity contribution in [2.75, 3.05) is 19.8 Å². The van der Waals surface area contributed by atoms with E-state index in [0.29, 0.717) is 38.5 Å². The normalized spacial score (nSPS) is 19.9. The lowest BCUT2D eigenvalue weighted by Gasteiger charge is -2.33. The quantitative estimate of drug-likeness (QED) is 0.674. The van der Waals surface area contributed by atoms with Crippen LogP contribution in [0.5, 0.6) is 0 Å². The molecule has 4 nitrogen and oxygen atoms in total. The van der Waals surface area contributed by atoms with Gasteiger partial charge in [0.25, 0.3) is 0 Å². The van der Waals surface area contributed by atoms with Gasteiger partial charge in [-0.05, 0) is 12.3 Å². The molecule has 0 aromatic carbocycles. The van der Waals surface area contributed by atoms with Crippen molar-refractivity contribution in [1.29, 1.82) is 0 Å². The van der Waals surface area contributed by atoms with E-state index >= 15 is 0 Å². The lowest BCUT2D eigenvalue weighted by Crippen LogP contribution is -2.48. The first kappa shape index (κ1) is 17.4. The number of carbonyl (C=O) groups is 1. The summed E-state index contributed by atoms with van der Waals surface area (Å²) in [6.45, 7) is 7.88. The van der Waals surface area contributed by atoms with E-state index in [0.717, 1.165) is 12.8 Å². The molecule has 0 radical (unpaired) electrons. The van der Waals surface area contributed by atoms with Crippen LogP contribution in [0.25, 0.3) is 0 Å². The largest absolute Gasteiger partial charge is 0.388 e. The molecule has 1 atom stereocenters. The molecular weight excluding hydrogens is 254 g/mol. The average Bonchev–Trinajstić information content (AvgIpc) is 2.41. The van der Waals surface area contributed by atoms with E-state index in [1.165, 1.54) is 12.8 Å². The fraction of sp³-hybridized carbons (Fsp3) is 0.938. The van der Waals surface area contributed by atoms with Crippen molar-refractivity contribution >= 4 is 5.91 Å². The highest BCUT2D eigenvalue weighted by Crippen LogP contribution is 2.22. The lowest BCUT2D eigenvalue weighted by atomic mass is 9.88. The number of unbranched alkanes of at least 4 members (excludes halogenated alkanes) is 2. The maximum absolute atomic E-state index is 12.3. The van der Waals surface area contributed by atoms with Crippen LogP contribution in [0.2, 0.25) is 0 Å². The van der Waals surface area contributed by atoms with Gasteiger partial charge in [-0.15, -0.1) is 0 Å². The Balaban J connectivity index is 2.40. The molecule has 118 valence electrons. The highest BCUT2D eigenvalue weighted by atomic mass is 16.5.